The van der Waals surface area contributed by atoms with Crippen molar-refractivity contribution in [1.29, 1.82) is 0 Å². The number of aromatic nitrogens is 4. The monoisotopic (exact) mass is 188 g/mol. The minimum Gasteiger partial charge on any atom is -0.291 e. The van der Waals surface area contributed by atoms with Gasteiger partial charge in [-0.1, -0.05) is 6.07 Å². The summed E-state index contributed by atoms with van der Waals surface area (Å²) >= 11 is 0. The molecule has 0 aromatic carbocycles. The van der Waals surface area contributed by atoms with E-state index in [4.69, 9.17) is 0 Å². The molecule has 0 atom stereocenters. The van der Waals surface area contributed by atoms with Crippen LogP contribution in [0.25, 0.3) is 11.5 Å². The number of ketones is 1. The van der Waals surface area contributed by atoms with Gasteiger partial charge in [-0.3, -0.25) is 14.9 Å². The van der Waals surface area contributed by atoms with E-state index in [1.807, 2.05) is 12.1 Å². The van der Waals surface area contributed by atoms with Crippen LogP contribution in [0.3, 0.4) is 0 Å². The lowest BCUT2D eigenvalue weighted by Crippen LogP contribution is -1.94. The van der Waals surface area contributed by atoms with Gasteiger partial charge >= 0.3 is 0 Å². The van der Waals surface area contributed by atoms with Crippen LogP contribution < -0.4 is 0 Å². The molecule has 2 rings (SSSR count). The van der Waals surface area contributed by atoms with Crippen LogP contribution in [-0.2, 0) is 0 Å². The third kappa shape index (κ3) is 1.52. The standard InChI is InChI=1S/C9H8N4O/c1-6(14)8-11-9(13-12-8)7-4-2-3-5-10-7/h2-5H,1H3,(H,11,12,13). The first-order valence-electron chi connectivity index (χ1n) is 4.12. The first-order chi connectivity index (χ1) is 6.77. The minimum absolute atomic E-state index is 0.139. The maximum absolute atomic E-state index is 10.9. The van der Waals surface area contributed by atoms with Crippen LogP contribution in [0.5, 0.6) is 0 Å². The van der Waals surface area contributed by atoms with Gasteiger partial charge in [0.1, 0.15) is 5.69 Å². The third-order valence-electron chi connectivity index (χ3n) is 1.71. The third-order valence-corrected chi connectivity index (χ3v) is 1.71. The van der Waals surface area contributed by atoms with Gasteiger partial charge < -0.3 is 0 Å². The summed E-state index contributed by atoms with van der Waals surface area (Å²) in [6.45, 7) is 1.43. The first-order valence-corrected chi connectivity index (χ1v) is 4.12. The van der Waals surface area contributed by atoms with E-state index in [0.717, 1.165) is 0 Å². The van der Waals surface area contributed by atoms with E-state index in [1.165, 1.54) is 6.92 Å². The summed E-state index contributed by atoms with van der Waals surface area (Å²) in [7, 11) is 0. The van der Waals surface area contributed by atoms with Gasteiger partial charge in [-0.15, -0.1) is 0 Å². The highest BCUT2D eigenvalue weighted by molar-refractivity contribution is 5.90. The summed E-state index contributed by atoms with van der Waals surface area (Å²) in [5.41, 5.74) is 0.649. The van der Waals surface area contributed by atoms with Crippen LogP contribution in [0.4, 0.5) is 0 Å². The molecule has 0 radical (unpaired) electrons. The highest BCUT2D eigenvalue weighted by Gasteiger charge is 2.08. The zero-order valence-corrected chi connectivity index (χ0v) is 7.56. The Morgan fingerprint density at radius 1 is 1.43 bits per heavy atom. The Kier molecular flexibility index (Phi) is 2.06. The van der Waals surface area contributed by atoms with Crippen molar-refractivity contribution in [3.05, 3.63) is 30.2 Å². The lowest BCUT2D eigenvalue weighted by molar-refractivity contribution is 0.100. The van der Waals surface area contributed by atoms with E-state index in [2.05, 4.69) is 20.2 Å². The lowest BCUT2D eigenvalue weighted by atomic mass is 10.3. The number of pyridine rings is 1. The minimum atomic E-state index is -0.139. The van der Waals surface area contributed by atoms with Crippen molar-refractivity contribution in [2.24, 2.45) is 0 Å². The van der Waals surface area contributed by atoms with Crippen molar-refractivity contribution < 1.29 is 4.79 Å². The number of hydrogen-bond acceptors (Lipinski definition) is 4. The number of aromatic amines is 1. The lowest BCUT2D eigenvalue weighted by Gasteiger charge is -1.90. The summed E-state index contributed by atoms with van der Waals surface area (Å²) in [5, 5.41) is 6.44. The maximum atomic E-state index is 10.9. The topological polar surface area (TPSA) is 71.5 Å². The molecular formula is C9H8N4O. The van der Waals surface area contributed by atoms with Gasteiger partial charge in [-0.2, -0.15) is 5.10 Å². The largest absolute Gasteiger partial charge is 0.291 e. The second-order valence-corrected chi connectivity index (χ2v) is 2.78. The zero-order chi connectivity index (χ0) is 9.97. The van der Waals surface area contributed by atoms with Crippen LogP contribution in [0.2, 0.25) is 0 Å². The number of nitrogens with one attached hydrogen (secondary N) is 1. The molecule has 0 aliphatic carbocycles. The average molecular weight is 188 g/mol. The van der Waals surface area contributed by atoms with Crippen LogP contribution in [0.1, 0.15) is 17.5 Å². The molecule has 0 bridgehead atoms. The van der Waals surface area contributed by atoms with Crippen molar-refractivity contribution in [2.45, 2.75) is 6.92 Å². The quantitative estimate of drug-likeness (QED) is 0.715. The van der Waals surface area contributed by atoms with Gasteiger partial charge in [0.05, 0.1) is 0 Å². The SMILES string of the molecule is CC(=O)c1nc(-c2ccccn2)n[nH]1. The summed E-state index contributed by atoms with van der Waals surface area (Å²) in [5.74, 6) is 0.557. The molecular weight excluding hydrogens is 180 g/mol. The van der Waals surface area contributed by atoms with Gasteiger partial charge in [-0.25, -0.2) is 4.98 Å². The highest BCUT2D eigenvalue weighted by atomic mass is 16.1. The van der Waals surface area contributed by atoms with Gasteiger partial charge in [0.25, 0.3) is 0 Å². The van der Waals surface area contributed by atoms with Crippen molar-refractivity contribution in [2.75, 3.05) is 0 Å². The van der Waals surface area contributed by atoms with E-state index >= 15 is 0 Å². The molecule has 14 heavy (non-hydrogen) atoms. The molecule has 5 nitrogen and oxygen atoms in total. The second-order valence-electron chi connectivity index (χ2n) is 2.78. The Hall–Kier alpha value is -2.04. The molecule has 70 valence electrons. The van der Waals surface area contributed by atoms with Crippen LogP contribution in [0.15, 0.2) is 24.4 Å². The molecule has 1 N–H and O–H groups in total. The van der Waals surface area contributed by atoms with Gasteiger partial charge in [-0.05, 0) is 12.1 Å². The fourth-order valence-corrected chi connectivity index (χ4v) is 1.03. The molecule has 0 saturated heterocycles. The van der Waals surface area contributed by atoms with E-state index in [9.17, 15) is 4.79 Å². The number of rotatable bonds is 2. The predicted molar refractivity (Wildman–Crippen MR) is 49.6 cm³/mol. The number of carbonyl (C=O) groups is 1. The normalized spacial score (nSPS) is 10.1. The molecule has 0 aliphatic heterocycles. The molecule has 0 aliphatic rings. The van der Waals surface area contributed by atoms with E-state index in [0.29, 0.717) is 11.5 Å². The fraction of sp³-hybridized carbons (Fsp3) is 0.111. The van der Waals surface area contributed by atoms with Crippen LogP contribution in [-0.4, -0.2) is 25.9 Å². The molecule has 0 saturated carbocycles. The molecule has 2 aromatic rings. The molecule has 0 unspecified atom stereocenters. The molecule has 0 spiro atoms. The number of carbonyl (C=O) groups excluding carboxylic acids is 1. The molecule has 0 fully saturated rings. The van der Waals surface area contributed by atoms with E-state index in [1.54, 1.807) is 12.3 Å². The molecule has 5 heteroatoms. The van der Waals surface area contributed by atoms with Crippen molar-refractivity contribution in [3.63, 3.8) is 0 Å². The Balaban J connectivity index is 2.39. The maximum Gasteiger partial charge on any atom is 0.200 e. The Bertz CT molecular complexity index is 449. The number of nitrogens with zero attached hydrogens (tertiary/aromatic N) is 3. The molecule has 0 amide bonds. The summed E-state index contributed by atoms with van der Waals surface area (Å²) in [6.07, 6.45) is 1.65. The summed E-state index contributed by atoms with van der Waals surface area (Å²) < 4.78 is 0. The fourth-order valence-electron chi connectivity index (χ4n) is 1.03. The van der Waals surface area contributed by atoms with Gasteiger partial charge in [0.15, 0.2) is 17.4 Å². The van der Waals surface area contributed by atoms with Crippen molar-refractivity contribution in [1.82, 2.24) is 20.2 Å². The number of H-pyrrole nitrogens is 1. The van der Waals surface area contributed by atoms with E-state index in [-0.39, 0.29) is 11.6 Å². The highest BCUT2D eigenvalue weighted by Crippen LogP contribution is 2.09. The van der Waals surface area contributed by atoms with Crippen LogP contribution in [0, 0.1) is 0 Å². The second kappa shape index (κ2) is 3.37. The van der Waals surface area contributed by atoms with Gasteiger partial charge in [0.2, 0.25) is 0 Å². The zero-order valence-electron chi connectivity index (χ0n) is 7.56. The van der Waals surface area contributed by atoms with E-state index < -0.39 is 0 Å². The van der Waals surface area contributed by atoms with Crippen LogP contribution >= 0.6 is 0 Å². The summed E-state index contributed by atoms with van der Waals surface area (Å²) in [4.78, 5) is 19.0. The van der Waals surface area contributed by atoms with Crippen molar-refractivity contribution in [3.8, 4) is 11.5 Å². The Labute approximate surface area is 80.2 Å². The molecule has 2 aromatic heterocycles. The average Bonchev–Trinajstić information content (AvgIpc) is 2.68. The van der Waals surface area contributed by atoms with Crippen molar-refractivity contribution >= 4 is 5.78 Å². The van der Waals surface area contributed by atoms with Gasteiger partial charge in [0, 0.05) is 13.1 Å². The summed E-state index contributed by atoms with van der Waals surface area (Å²) in [6, 6.07) is 5.43. The Morgan fingerprint density at radius 2 is 2.29 bits per heavy atom. The smallest absolute Gasteiger partial charge is 0.200 e. The molecule has 2 heterocycles. The first kappa shape index (κ1) is 8.55. The number of hydrogen-bond donors (Lipinski definition) is 1. The number of Topliss-reactive ketones (excluding diaryl/α,β-unsaturated/α-hetero) is 1. The predicted octanol–water partition coefficient (Wildman–Crippen LogP) is 1.07. The Morgan fingerprint density at radius 3 is 2.86 bits per heavy atom.